The van der Waals surface area contributed by atoms with Crippen LogP contribution in [-0.2, 0) is 12.7 Å². The van der Waals surface area contributed by atoms with Crippen molar-refractivity contribution in [2.24, 2.45) is 0 Å². The highest BCUT2D eigenvalue weighted by molar-refractivity contribution is 6.03. The number of hydrogen-bond donors (Lipinski definition) is 2. The zero-order valence-electron chi connectivity index (χ0n) is 19.1. The zero-order valence-corrected chi connectivity index (χ0v) is 19.1. The Labute approximate surface area is 201 Å². The highest BCUT2D eigenvalue weighted by atomic mass is 19.4. The summed E-state index contributed by atoms with van der Waals surface area (Å²) in [6.45, 7) is 1.49. The number of alkyl halides is 3. The number of fused-ring (bicyclic) bond motifs is 3. The molecule has 4 heterocycles. The van der Waals surface area contributed by atoms with Gasteiger partial charge in [0.05, 0.1) is 17.5 Å². The van der Waals surface area contributed by atoms with Crippen molar-refractivity contribution in [3.8, 4) is 0 Å². The molecule has 1 aliphatic heterocycles. The fraction of sp³-hybridized carbons (Fsp3) is 0.292. The third kappa shape index (κ3) is 4.17. The Bertz CT molecular complexity index is 1520. The van der Waals surface area contributed by atoms with Gasteiger partial charge in [-0.05, 0) is 18.2 Å². The molecule has 2 N–H and O–H groups in total. The standard InChI is InChI=1S/C24H21F4N5O3/c1-29-22(34)16-4-5-17(21(30-16)24(26,27)28)33-9-7-32(8-10-33)12-13-2-3-14-15-6-11-36-20(15)23(35)31-19(14)18(13)25/h2-6,11H,7-10,12H2,1H3,(H,29,34)(H,31,35). The van der Waals surface area contributed by atoms with E-state index < -0.39 is 29.2 Å². The van der Waals surface area contributed by atoms with Crippen LogP contribution in [-0.4, -0.2) is 54.0 Å². The Morgan fingerprint density at radius 2 is 1.86 bits per heavy atom. The van der Waals surface area contributed by atoms with Gasteiger partial charge in [0.1, 0.15) is 5.69 Å². The lowest BCUT2D eigenvalue weighted by Gasteiger charge is -2.37. The van der Waals surface area contributed by atoms with Crippen molar-refractivity contribution in [3.63, 3.8) is 0 Å². The van der Waals surface area contributed by atoms with Gasteiger partial charge >= 0.3 is 6.18 Å². The number of carbonyl (C=O) groups excluding carboxylic acids is 1. The van der Waals surface area contributed by atoms with Crippen molar-refractivity contribution >= 4 is 33.5 Å². The van der Waals surface area contributed by atoms with Crippen LogP contribution >= 0.6 is 0 Å². The van der Waals surface area contributed by atoms with Crippen LogP contribution in [0.2, 0.25) is 0 Å². The van der Waals surface area contributed by atoms with E-state index in [2.05, 4.69) is 15.3 Å². The van der Waals surface area contributed by atoms with Gasteiger partial charge in [0.2, 0.25) is 0 Å². The van der Waals surface area contributed by atoms with E-state index >= 15 is 4.39 Å². The Hall–Kier alpha value is -3.93. The van der Waals surface area contributed by atoms with Crippen molar-refractivity contribution < 1.29 is 26.8 Å². The molecule has 0 unspecified atom stereocenters. The highest BCUT2D eigenvalue weighted by Gasteiger charge is 2.38. The predicted octanol–water partition coefficient (Wildman–Crippen LogP) is 3.51. The lowest BCUT2D eigenvalue weighted by molar-refractivity contribution is -0.140. The Morgan fingerprint density at radius 3 is 2.56 bits per heavy atom. The zero-order chi connectivity index (χ0) is 25.6. The van der Waals surface area contributed by atoms with Gasteiger partial charge in [-0.15, -0.1) is 0 Å². The van der Waals surface area contributed by atoms with E-state index in [4.69, 9.17) is 4.42 Å². The molecule has 1 fully saturated rings. The summed E-state index contributed by atoms with van der Waals surface area (Å²) < 4.78 is 61.5. The minimum Gasteiger partial charge on any atom is -0.459 e. The summed E-state index contributed by atoms with van der Waals surface area (Å²) in [5.41, 5.74) is -1.49. The number of anilines is 1. The predicted molar refractivity (Wildman–Crippen MR) is 124 cm³/mol. The molecule has 36 heavy (non-hydrogen) atoms. The summed E-state index contributed by atoms with van der Waals surface area (Å²) in [5, 5.41) is 3.31. The van der Waals surface area contributed by atoms with Gasteiger partial charge in [0, 0.05) is 56.1 Å². The molecular weight excluding hydrogens is 482 g/mol. The number of carbonyl (C=O) groups is 1. The molecular formula is C24H21F4N5O3. The second-order valence-electron chi connectivity index (χ2n) is 8.48. The molecule has 0 saturated carbocycles. The maximum Gasteiger partial charge on any atom is 0.435 e. The van der Waals surface area contributed by atoms with E-state index in [1.807, 2.05) is 4.90 Å². The molecule has 12 heteroatoms. The molecule has 5 rings (SSSR count). The second-order valence-corrected chi connectivity index (χ2v) is 8.48. The largest absolute Gasteiger partial charge is 0.459 e. The molecule has 1 amide bonds. The molecule has 0 atom stereocenters. The van der Waals surface area contributed by atoms with Crippen molar-refractivity contribution in [2.45, 2.75) is 12.7 Å². The van der Waals surface area contributed by atoms with Gasteiger partial charge in [-0.25, -0.2) is 9.37 Å². The molecule has 4 aromatic rings. The quantitative estimate of drug-likeness (QED) is 0.414. The second kappa shape index (κ2) is 8.94. The molecule has 0 aliphatic carbocycles. The number of furan rings is 1. The minimum atomic E-state index is -4.73. The first-order valence-electron chi connectivity index (χ1n) is 11.2. The summed E-state index contributed by atoms with van der Waals surface area (Å²) in [4.78, 5) is 33.6. The molecule has 1 saturated heterocycles. The minimum absolute atomic E-state index is 0.0853. The van der Waals surface area contributed by atoms with Crippen LogP contribution in [0.5, 0.6) is 0 Å². The Kier molecular flexibility index (Phi) is 5.91. The average molecular weight is 503 g/mol. The summed E-state index contributed by atoms with van der Waals surface area (Å²) in [7, 11) is 1.32. The smallest absolute Gasteiger partial charge is 0.435 e. The van der Waals surface area contributed by atoms with Gasteiger partial charge < -0.3 is 19.6 Å². The molecule has 8 nitrogen and oxygen atoms in total. The maximum absolute atomic E-state index is 15.3. The lowest BCUT2D eigenvalue weighted by atomic mass is 10.1. The average Bonchev–Trinajstić information content (AvgIpc) is 3.36. The van der Waals surface area contributed by atoms with Gasteiger partial charge in [-0.1, -0.05) is 12.1 Å². The van der Waals surface area contributed by atoms with Gasteiger partial charge in [0.25, 0.3) is 11.5 Å². The van der Waals surface area contributed by atoms with Crippen molar-refractivity contribution in [3.05, 3.63) is 69.7 Å². The number of halogens is 4. The van der Waals surface area contributed by atoms with Crippen LogP contribution in [0.15, 0.2) is 45.8 Å². The van der Waals surface area contributed by atoms with Crippen LogP contribution in [0.1, 0.15) is 21.7 Å². The van der Waals surface area contributed by atoms with Crippen LogP contribution in [0, 0.1) is 5.82 Å². The number of amides is 1. The summed E-state index contributed by atoms with van der Waals surface area (Å²) >= 11 is 0. The highest BCUT2D eigenvalue weighted by Crippen LogP contribution is 2.36. The first kappa shape index (κ1) is 23.8. The van der Waals surface area contributed by atoms with Gasteiger partial charge in [-0.2, -0.15) is 13.2 Å². The fourth-order valence-electron chi connectivity index (χ4n) is 4.51. The van der Waals surface area contributed by atoms with Gasteiger partial charge in [0.15, 0.2) is 17.1 Å². The van der Waals surface area contributed by atoms with Crippen LogP contribution in [0.4, 0.5) is 23.2 Å². The van der Waals surface area contributed by atoms with E-state index in [9.17, 15) is 22.8 Å². The normalized spacial score (nSPS) is 15.1. The van der Waals surface area contributed by atoms with Crippen LogP contribution < -0.4 is 15.8 Å². The molecule has 0 spiro atoms. The van der Waals surface area contributed by atoms with Gasteiger partial charge in [-0.3, -0.25) is 14.5 Å². The monoisotopic (exact) mass is 503 g/mol. The number of nitrogens with one attached hydrogen (secondary N) is 2. The SMILES string of the molecule is CNC(=O)c1ccc(N2CCN(Cc3ccc4c([nH]c(=O)c5occc54)c3F)CC2)c(C(F)(F)F)n1. The number of H-pyrrole nitrogens is 1. The number of nitrogens with zero attached hydrogens (tertiary/aromatic N) is 3. The van der Waals surface area contributed by atoms with Crippen molar-refractivity contribution in [1.82, 2.24) is 20.2 Å². The number of aromatic nitrogens is 2. The molecule has 0 bridgehead atoms. The number of pyridine rings is 2. The summed E-state index contributed by atoms with van der Waals surface area (Å²) in [5.74, 6) is -1.26. The number of aromatic amines is 1. The summed E-state index contributed by atoms with van der Waals surface area (Å²) in [6.07, 6.45) is -3.36. The number of piperazine rings is 1. The summed E-state index contributed by atoms with van der Waals surface area (Å²) in [6, 6.07) is 7.48. The third-order valence-electron chi connectivity index (χ3n) is 6.33. The molecule has 188 valence electrons. The number of benzene rings is 1. The fourth-order valence-corrected chi connectivity index (χ4v) is 4.51. The Balaban J connectivity index is 1.35. The Morgan fingerprint density at radius 1 is 1.11 bits per heavy atom. The number of rotatable bonds is 4. The first-order valence-corrected chi connectivity index (χ1v) is 11.2. The molecule has 1 aromatic carbocycles. The van der Waals surface area contributed by atoms with E-state index in [1.54, 1.807) is 23.1 Å². The van der Waals surface area contributed by atoms with Crippen molar-refractivity contribution in [1.29, 1.82) is 0 Å². The third-order valence-corrected chi connectivity index (χ3v) is 6.33. The van der Waals surface area contributed by atoms with E-state index in [0.717, 1.165) is 0 Å². The van der Waals surface area contributed by atoms with E-state index in [0.29, 0.717) is 29.4 Å². The first-order chi connectivity index (χ1) is 17.2. The van der Waals surface area contributed by atoms with E-state index in [1.165, 1.54) is 25.4 Å². The maximum atomic E-state index is 15.3. The lowest BCUT2D eigenvalue weighted by Crippen LogP contribution is -2.46. The van der Waals surface area contributed by atoms with Crippen LogP contribution in [0.25, 0.3) is 21.9 Å². The van der Waals surface area contributed by atoms with Crippen LogP contribution in [0.3, 0.4) is 0 Å². The molecule has 1 aliphatic rings. The number of hydrogen-bond acceptors (Lipinski definition) is 6. The topological polar surface area (TPSA) is 94.5 Å². The molecule has 3 aromatic heterocycles. The van der Waals surface area contributed by atoms with E-state index in [-0.39, 0.29) is 42.1 Å². The van der Waals surface area contributed by atoms with Crippen molar-refractivity contribution in [2.75, 3.05) is 38.1 Å². The molecule has 0 radical (unpaired) electrons.